The summed E-state index contributed by atoms with van der Waals surface area (Å²) in [6.45, 7) is -0.583. The molecular weight excluding hydrogens is 384 g/mol. The van der Waals surface area contributed by atoms with Gasteiger partial charge in [-0.2, -0.15) is 13.2 Å². The zero-order valence-electron chi connectivity index (χ0n) is 14.4. The molecular formula is C17H16F4N4O3. The summed E-state index contributed by atoms with van der Waals surface area (Å²) < 4.78 is 57.6. The van der Waals surface area contributed by atoms with E-state index >= 15 is 0 Å². The molecule has 1 saturated heterocycles. The second-order valence-corrected chi connectivity index (χ2v) is 6.21. The number of β-amino-alcohol motifs (C(OH)–C–C–N with tert-alkyl or cyclic N) is 1. The van der Waals surface area contributed by atoms with Crippen molar-refractivity contribution in [1.29, 1.82) is 0 Å². The predicted molar refractivity (Wildman–Crippen MR) is 88.2 cm³/mol. The molecule has 2 aromatic rings. The van der Waals surface area contributed by atoms with Gasteiger partial charge in [-0.15, -0.1) is 0 Å². The Hall–Kier alpha value is -2.79. The van der Waals surface area contributed by atoms with Gasteiger partial charge in [0.1, 0.15) is 23.7 Å². The molecule has 3 N–H and O–H groups in total. The van der Waals surface area contributed by atoms with Gasteiger partial charge in [0.25, 0.3) is 5.91 Å². The SMILES string of the molecule is NCc1cc(Oc2cncc(C(=O)N3C[C@H](O)[C@@H](F)C3)c2)nc(C(F)(F)F)c1. The highest BCUT2D eigenvalue weighted by Gasteiger charge is 2.35. The molecule has 0 aromatic carbocycles. The molecule has 3 heterocycles. The fourth-order valence-corrected chi connectivity index (χ4v) is 2.68. The van der Waals surface area contributed by atoms with Gasteiger partial charge in [-0.3, -0.25) is 9.78 Å². The number of aliphatic hydroxyl groups excluding tert-OH is 1. The third-order valence-corrected chi connectivity index (χ3v) is 4.08. The van der Waals surface area contributed by atoms with Crippen LogP contribution < -0.4 is 10.5 Å². The summed E-state index contributed by atoms with van der Waals surface area (Å²) in [6, 6.07) is 3.31. The van der Waals surface area contributed by atoms with Gasteiger partial charge in [0.2, 0.25) is 5.88 Å². The van der Waals surface area contributed by atoms with Gasteiger partial charge < -0.3 is 20.5 Å². The molecule has 0 unspecified atom stereocenters. The zero-order chi connectivity index (χ0) is 20.5. The summed E-state index contributed by atoms with van der Waals surface area (Å²) in [5, 5.41) is 9.43. The molecule has 1 fully saturated rings. The number of rotatable bonds is 4. The van der Waals surface area contributed by atoms with E-state index in [0.717, 1.165) is 11.0 Å². The number of alkyl halides is 4. The first-order valence-corrected chi connectivity index (χ1v) is 8.20. The Morgan fingerprint density at radius 1 is 1.29 bits per heavy atom. The Morgan fingerprint density at radius 3 is 2.64 bits per heavy atom. The molecule has 0 spiro atoms. The van der Waals surface area contributed by atoms with Crippen LogP contribution in [0, 0.1) is 0 Å². The Balaban J connectivity index is 1.83. The molecule has 0 radical (unpaired) electrons. The number of nitrogens with two attached hydrogens (primary N) is 1. The van der Waals surface area contributed by atoms with Crippen LogP contribution in [-0.4, -0.2) is 51.2 Å². The minimum Gasteiger partial charge on any atom is -0.437 e. The second kappa shape index (κ2) is 7.68. The second-order valence-electron chi connectivity index (χ2n) is 6.21. The molecule has 0 aliphatic carbocycles. The minimum absolute atomic E-state index is 0.0304. The lowest BCUT2D eigenvalue weighted by atomic mass is 10.2. The number of ether oxygens (including phenoxy) is 1. The van der Waals surface area contributed by atoms with E-state index in [0.29, 0.717) is 0 Å². The topological polar surface area (TPSA) is 102 Å². The largest absolute Gasteiger partial charge is 0.437 e. The normalized spacial score (nSPS) is 19.7. The Labute approximate surface area is 156 Å². The molecule has 150 valence electrons. The number of aliphatic hydroxyl groups is 1. The van der Waals surface area contributed by atoms with E-state index in [1.165, 1.54) is 24.5 Å². The van der Waals surface area contributed by atoms with Crippen molar-refractivity contribution in [3.8, 4) is 11.6 Å². The number of carbonyl (C=O) groups is 1. The van der Waals surface area contributed by atoms with Crippen LogP contribution in [0.25, 0.3) is 0 Å². The number of halogens is 4. The summed E-state index contributed by atoms with van der Waals surface area (Å²) >= 11 is 0. The van der Waals surface area contributed by atoms with Gasteiger partial charge in [0.05, 0.1) is 18.3 Å². The van der Waals surface area contributed by atoms with Crippen molar-refractivity contribution in [2.24, 2.45) is 5.73 Å². The lowest BCUT2D eigenvalue weighted by Crippen LogP contribution is -2.29. The Kier molecular flexibility index (Phi) is 5.47. The van der Waals surface area contributed by atoms with Crippen LogP contribution >= 0.6 is 0 Å². The molecule has 2 aromatic heterocycles. The molecule has 0 bridgehead atoms. The molecule has 28 heavy (non-hydrogen) atoms. The monoisotopic (exact) mass is 400 g/mol. The number of likely N-dealkylation sites (tertiary alicyclic amines) is 1. The minimum atomic E-state index is -4.68. The first kappa shape index (κ1) is 20.0. The fraction of sp³-hybridized carbons (Fsp3) is 0.353. The number of amides is 1. The molecule has 0 saturated carbocycles. The van der Waals surface area contributed by atoms with Crippen LogP contribution in [0.4, 0.5) is 17.6 Å². The van der Waals surface area contributed by atoms with Crippen LogP contribution in [0.3, 0.4) is 0 Å². The van der Waals surface area contributed by atoms with Crippen molar-refractivity contribution < 1.29 is 32.2 Å². The highest BCUT2D eigenvalue weighted by atomic mass is 19.4. The van der Waals surface area contributed by atoms with Crippen molar-refractivity contribution in [2.75, 3.05) is 13.1 Å². The Bertz CT molecular complexity index is 868. The molecule has 3 rings (SSSR count). The van der Waals surface area contributed by atoms with Crippen molar-refractivity contribution in [1.82, 2.24) is 14.9 Å². The van der Waals surface area contributed by atoms with E-state index in [-0.39, 0.29) is 42.4 Å². The predicted octanol–water partition coefficient (Wildman–Crippen LogP) is 1.90. The average Bonchev–Trinajstić information content (AvgIpc) is 2.99. The summed E-state index contributed by atoms with van der Waals surface area (Å²) in [7, 11) is 0. The van der Waals surface area contributed by atoms with Crippen molar-refractivity contribution in [3.05, 3.63) is 47.4 Å². The van der Waals surface area contributed by atoms with E-state index < -0.39 is 30.1 Å². The van der Waals surface area contributed by atoms with E-state index in [9.17, 15) is 27.5 Å². The first-order chi connectivity index (χ1) is 13.2. The third-order valence-electron chi connectivity index (χ3n) is 4.08. The average molecular weight is 400 g/mol. The highest BCUT2D eigenvalue weighted by molar-refractivity contribution is 5.94. The van der Waals surface area contributed by atoms with E-state index in [4.69, 9.17) is 10.5 Å². The van der Waals surface area contributed by atoms with Crippen LogP contribution in [0.1, 0.15) is 21.6 Å². The molecule has 2 atom stereocenters. The third kappa shape index (κ3) is 4.37. The Morgan fingerprint density at radius 2 is 2.04 bits per heavy atom. The van der Waals surface area contributed by atoms with Crippen LogP contribution in [0.15, 0.2) is 30.6 Å². The van der Waals surface area contributed by atoms with E-state index in [2.05, 4.69) is 9.97 Å². The van der Waals surface area contributed by atoms with Gasteiger partial charge in [-0.25, -0.2) is 9.37 Å². The number of aromatic nitrogens is 2. The maximum atomic E-state index is 13.4. The molecule has 1 aliphatic heterocycles. The number of carbonyl (C=O) groups excluding carboxylic acids is 1. The van der Waals surface area contributed by atoms with Crippen LogP contribution in [0.5, 0.6) is 11.6 Å². The summed E-state index contributed by atoms with van der Waals surface area (Å²) in [4.78, 5) is 20.7. The van der Waals surface area contributed by atoms with Gasteiger partial charge in [0.15, 0.2) is 0 Å². The van der Waals surface area contributed by atoms with Crippen LogP contribution in [-0.2, 0) is 12.7 Å². The van der Waals surface area contributed by atoms with Gasteiger partial charge >= 0.3 is 6.18 Å². The number of nitrogens with zero attached hydrogens (tertiary/aromatic N) is 3. The quantitative estimate of drug-likeness (QED) is 0.761. The van der Waals surface area contributed by atoms with E-state index in [1.807, 2.05) is 0 Å². The summed E-state index contributed by atoms with van der Waals surface area (Å²) in [6.07, 6.45) is -5.09. The summed E-state index contributed by atoms with van der Waals surface area (Å²) in [5.74, 6) is -0.976. The van der Waals surface area contributed by atoms with Crippen molar-refractivity contribution in [2.45, 2.75) is 25.0 Å². The first-order valence-electron chi connectivity index (χ1n) is 8.20. The molecule has 1 amide bonds. The van der Waals surface area contributed by atoms with Crippen molar-refractivity contribution in [3.63, 3.8) is 0 Å². The lowest BCUT2D eigenvalue weighted by molar-refractivity contribution is -0.141. The lowest BCUT2D eigenvalue weighted by Gasteiger charge is -2.15. The number of hydrogen-bond donors (Lipinski definition) is 2. The van der Waals surface area contributed by atoms with Gasteiger partial charge in [-0.05, 0) is 17.7 Å². The summed E-state index contributed by atoms with van der Waals surface area (Å²) in [5.41, 5.74) is 4.45. The maximum Gasteiger partial charge on any atom is 0.433 e. The van der Waals surface area contributed by atoms with Gasteiger partial charge in [0, 0.05) is 25.4 Å². The van der Waals surface area contributed by atoms with Gasteiger partial charge in [-0.1, -0.05) is 0 Å². The standard InChI is InChI=1S/C17H16F4N4O3/c18-12-7-25(8-13(12)26)16(27)10-3-11(6-23-5-10)28-15-2-9(4-22)1-14(24-15)17(19,20)21/h1-3,5-6,12-13,26H,4,7-8,22H2/t12-,13-/m0/s1. The van der Waals surface area contributed by atoms with E-state index in [1.54, 1.807) is 0 Å². The van der Waals surface area contributed by atoms with Crippen LogP contribution in [0.2, 0.25) is 0 Å². The fourth-order valence-electron chi connectivity index (χ4n) is 2.68. The highest BCUT2D eigenvalue weighted by Crippen LogP contribution is 2.31. The van der Waals surface area contributed by atoms with Crippen molar-refractivity contribution >= 4 is 5.91 Å². The number of hydrogen-bond acceptors (Lipinski definition) is 6. The smallest absolute Gasteiger partial charge is 0.433 e. The zero-order valence-corrected chi connectivity index (χ0v) is 14.4. The molecule has 11 heteroatoms. The molecule has 1 aliphatic rings. The maximum absolute atomic E-state index is 13.4. The molecule has 7 nitrogen and oxygen atoms in total. The number of pyridine rings is 2.